The van der Waals surface area contributed by atoms with Crippen molar-refractivity contribution >= 4 is 46.3 Å². The Morgan fingerprint density at radius 3 is 2.46 bits per heavy atom. The van der Waals surface area contributed by atoms with Crippen LogP contribution < -0.4 is 0 Å². The smallest absolute Gasteiger partial charge is 0.305 e. The number of hydrogen-bond donors (Lipinski definition) is 1. The lowest BCUT2D eigenvalue weighted by atomic mass is 10.0. The lowest BCUT2D eigenvalue weighted by molar-refractivity contribution is -0.138. The standard InChI is InChI=1S/C20H17NO3S2/c1-13-7-9-14(10-8-13)11-17-19(24)21(20(25)26-17)16(12-18(22)23)15-5-3-2-4-6-15/h2-11,16H,12H2,1H3,(H,22,23). The molecule has 0 saturated carbocycles. The summed E-state index contributed by atoms with van der Waals surface area (Å²) in [4.78, 5) is 26.2. The first kappa shape index (κ1) is 18.4. The van der Waals surface area contributed by atoms with Gasteiger partial charge in [0.05, 0.1) is 17.4 Å². The van der Waals surface area contributed by atoms with Gasteiger partial charge in [-0.3, -0.25) is 14.5 Å². The fraction of sp³-hybridized carbons (Fsp3) is 0.150. The molecule has 1 atom stereocenters. The molecule has 1 N–H and O–H groups in total. The highest BCUT2D eigenvalue weighted by atomic mass is 32.2. The molecule has 0 radical (unpaired) electrons. The Morgan fingerprint density at radius 2 is 1.85 bits per heavy atom. The van der Waals surface area contributed by atoms with Crippen LogP contribution in [-0.2, 0) is 9.59 Å². The van der Waals surface area contributed by atoms with Crippen LogP contribution in [0.2, 0.25) is 0 Å². The van der Waals surface area contributed by atoms with Crippen molar-refractivity contribution in [3.63, 3.8) is 0 Å². The maximum atomic E-state index is 12.9. The van der Waals surface area contributed by atoms with E-state index >= 15 is 0 Å². The second-order valence-electron chi connectivity index (χ2n) is 5.99. The SMILES string of the molecule is Cc1ccc(C=C2SC(=S)N(C(CC(=O)O)c3ccccc3)C2=O)cc1. The Morgan fingerprint density at radius 1 is 1.19 bits per heavy atom. The van der Waals surface area contributed by atoms with Gasteiger partial charge in [-0.15, -0.1) is 0 Å². The molecule has 1 unspecified atom stereocenters. The number of nitrogens with zero attached hydrogens (tertiary/aromatic N) is 1. The third-order valence-corrected chi connectivity index (χ3v) is 5.39. The van der Waals surface area contributed by atoms with Crippen molar-refractivity contribution < 1.29 is 14.7 Å². The van der Waals surface area contributed by atoms with Crippen LogP contribution in [0.1, 0.15) is 29.2 Å². The molecule has 6 heteroatoms. The van der Waals surface area contributed by atoms with Crippen LogP contribution >= 0.6 is 24.0 Å². The average molecular weight is 383 g/mol. The summed E-state index contributed by atoms with van der Waals surface area (Å²) in [5.74, 6) is -1.23. The summed E-state index contributed by atoms with van der Waals surface area (Å²) >= 11 is 6.60. The Labute approximate surface area is 161 Å². The summed E-state index contributed by atoms with van der Waals surface area (Å²) in [6, 6.07) is 16.3. The number of thioether (sulfide) groups is 1. The molecule has 2 aromatic rings. The molecule has 1 aliphatic heterocycles. The van der Waals surface area contributed by atoms with E-state index in [1.807, 2.05) is 61.5 Å². The first-order chi connectivity index (χ1) is 12.5. The predicted molar refractivity (Wildman–Crippen MR) is 108 cm³/mol. The van der Waals surface area contributed by atoms with Gasteiger partial charge in [0.15, 0.2) is 0 Å². The number of carboxylic acids is 1. The number of thiocarbonyl (C=S) groups is 1. The molecule has 0 aliphatic carbocycles. The minimum absolute atomic E-state index is 0.200. The van der Waals surface area contributed by atoms with Gasteiger partial charge >= 0.3 is 5.97 Å². The van der Waals surface area contributed by atoms with E-state index in [2.05, 4.69) is 0 Å². The van der Waals surface area contributed by atoms with Crippen molar-refractivity contribution in [3.05, 3.63) is 76.2 Å². The number of carbonyl (C=O) groups is 2. The molecule has 0 bridgehead atoms. The van der Waals surface area contributed by atoms with E-state index in [0.717, 1.165) is 16.7 Å². The fourth-order valence-corrected chi connectivity index (χ4v) is 4.12. The zero-order valence-corrected chi connectivity index (χ0v) is 15.7. The van der Waals surface area contributed by atoms with Gasteiger partial charge in [0.2, 0.25) is 0 Å². The molecular formula is C20H17NO3S2. The molecule has 1 amide bonds. The molecule has 132 valence electrons. The fourth-order valence-electron chi connectivity index (χ4n) is 2.76. The van der Waals surface area contributed by atoms with Gasteiger partial charge in [-0.25, -0.2) is 0 Å². The summed E-state index contributed by atoms with van der Waals surface area (Å²) in [6.07, 6.45) is 1.59. The van der Waals surface area contributed by atoms with Gasteiger partial charge in [-0.1, -0.05) is 84.1 Å². The molecule has 1 saturated heterocycles. The molecule has 0 aromatic heterocycles. The highest BCUT2D eigenvalue weighted by Crippen LogP contribution is 2.39. The van der Waals surface area contributed by atoms with E-state index in [0.29, 0.717) is 9.23 Å². The van der Waals surface area contributed by atoms with E-state index in [4.69, 9.17) is 12.2 Å². The third-order valence-electron chi connectivity index (χ3n) is 4.06. The molecule has 3 rings (SSSR count). The molecule has 4 nitrogen and oxygen atoms in total. The molecular weight excluding hydrogens is 366 g/mol. The Kier molecular flexibility index (Phi) is 5.54. The third kappa shape index (κ3) is 4.03. The van der Waals surface area contributed by atoms with Crippen LogP contribution in [0.5, 0.6) is 0 Å². The number of aliphatic carboxylic acids is 1. The van der Waals surface area contributed by atoms with Gasteiger partial charge < -0.3 is 5.11 Å². The zero-order valence-electron chi connectivity index (χ0n) is 14.1. The van der Waals surface area contributed by atoms with Crippen LogP contribution in [0.4, 0.5) is 0 Å². The van der Waals surface area contributed by atoms with Gasteiger partial charge in [-0.2, -0.15) is 0 Å². The van der Waals surface area contributed by atoms with Gasteiger partial charge in [0.25, 0.3) is 5.91 Å². The maximum Gasteiger partial charge on any atom is 0.305 e. The second-order valence-corrected chi connectivity index (χ2v) is 7.66. The summed E-state index contributed by atoms with van der Waals surface area (Å²) in [6.45, 7) is 2.00. The molecule has 1 heterocycles. The van der Waals surface area contributed by atoms with Crippen LogP contribution in [0, 0.1) is 6.92 Å². The first-order valence-electron chi connectivity index (χ1n) is 8.06. The van der Waals surface area contributed by atoms with Gasteiger partial charge in [-0.05, 0) is 24.1 Å². The van der Waals surface area contributed by atoms with E-state index in [9.17, 15) is 14.7 Å². The normalized spacial score (nSPS) is 17.0. The summed E-state index contributed by atoms with van der Waals surface area (Å²) in [5, 5.41) is 9.30. The number of carboxylic acid groups (broad SMARTS) is 1. The van der Waals surface area contributed by atoms with Crippen molar-refractivity contribution in [2.45, 2.75) is 19.4 Å². The average Bonchev–Trinajstić information content (AvgIpc) is 2.89. The van der Waals surface area contributed by atoms with Crippen LogP contribution in [0.15, 0.2) is 59.5 Å². The number of benzene rings is 2. The number of amides is 1. The maximum absolute atomic E-state index is 12.9. The number of carbonyl (C=O) groups excluding carboxylic acids is 1. The Hall–Kier alpha value is -2.44. The van der Waals surface area contributed by atoms with Crippen molar-refractivity contribution in [1.82, 2.24) is 4.90 Å². The lowest BCUT2D eigenvalue weighted by Crippen LogP contribution is -2.34. The van der Waals surface area contributed by atoms with E-state index < -0.39 is 12.0 Å². The summed E-state index contributed by atoms with van der Waals surface area (Å²) in [5.41, 5.74) is 2.80. The number of hydrogen-bond acceptors (Lipinski definition) is 4. The van der Waals surface area contributed by atoms with Crippen molar-refractivity contribution in [1.29, 1.82) is 0 Å². The topological polar surface area (TPSA) is 57.6 Å². The van der Waals surface area contributed by atoms with Gasteiger partial charge in [0, 0.05) is 0 Å². The summed E-state index contributed by atoms with van der Waals surface area (Å²) < 4.78 is 0.378. The molecule has 1 aliphatic rings. The minimum Gasteiger partial charge on any atom is -0.481 e. The highest BCUT2D eigenvalue weighted by molar-refractivity contribution is 8.26. The van der Waals surface area contributed by atoms with E-state index in [1.165, 1.54) is 16.7 Å². The molecule has 1 fully saturated rings. The highest BCUT2D eigenvalue weighted by Gasteiger charge is 2.38. The molecule has 2 aromatic carbocycles. The lowest BCUT2D eigenvalue weighted by Gasteiger charge is -2.26. The zero-order chi connectivity index (χ0) is 18.7. The van der Waals surface area contributed by atoms with Crippen molar-refractivity contribution in [2.75, 3.05) is 0 Å². The monoisotopic (exact) mass is 383 g/mol. The number of rotatable bonds is 5. The second kappa shape index (κ2) is 7.85. The van der Waals surface area contributed by atoms with Gasteiger partial charge in [0.1, 0.15) is 4.32 Å². The van der Waals surface area contributed by atoms with E-state index in [-0.39, 0.29) is 12.3 Å². The quantitative estimate of drug-likeness (QED) is 0.612. The van der Waals surface area contributed by atoms with Crippen LogP contribution in [-0.4, -0.2) is 26.2 Å². The number of aryl methyl sites for hydroxylation is 1. The molecule has 0 spiro atoms. The van der Waals surface area contributed by atoms with Crippen LogP contribution in [0.25, 0.3) is 6.08 Å². The van der Waals surface area contributed by atoms with Crippen molar-refractivity contribution in [2.24, 2.45) is 0 Å². The van der Waals surface area contributed by atoms with Crippen molar-refractivity contribution in [3.8, 4) is 0 Å². The van der Waals surface area contributed by atoms with Crippen LogP contribution in [0.3, 0.4) is 0 Å². The Bertz CT molecular complexity index is 876. The Balaban J connectivity index is 1.93. The predicted octanol–water partition coefficient (Wildman–Crippen LogP) is 4.41. The minimum atomic E-state index is -0.976. The largest absolute Gasteiger partial charge is 0.481 e. The summed E-state index contributed by atoms with van der Waals surface area (Å²) in [7, 11) is 0. The van der Waals surface area contributed by atoms with E-state index in [1.54, 1.807) is 6.08 Å². The molecule has 26 heavy (non-hydrogen) atoms. The first-order valence-corrected chi connectivity index (χ1v) is 9.28.